The van der Waals surface area contributed by atoms with Gasteiger partial charge in [0.1, 0.15) is 19.1 Å². The minimum absolute atomic E-state index is 0.128. The molecule has 222 valence electrons. The van der Waals surface area contributed by atoms with Crippen LogP contribution < -0.4 is 20.7 Å². The lowest BCUT2D eigenvalue weighted by atomic mass is 10.0. The summed E-state index contributed by atoms with van der Waals surface area (Å²) in [5.74, 6) is 6.39. The molecule has 5 nitrogen and oxygen atoms in total. The quantitative estimate of drug-likeness (QED) is 0.164. The van der Waals surface area contributed by atoms with E-state index in [4.69, 9.17) is 4.74 Å². The Labute approximate surface area is 243 Å². The number of rotatable bonds is 8. The SMILES string of the molecule is COc1cc(P(C)(C)=O)ccc1NCC#Cc1sc2c(N[C@@H]3CCN(C(C)C)CC3F)cccc2c1CC(F)(F)F. The highest BCUT2D eigenvalue weighted by Crippen LogP contribution is 2.40. The van der Waals surface area contributed by atoms with Gasteiger partial charge in [0, 0.05) is 24.4 Å². The lowest BCUT2D eigenvalue weighted by Gasteiger charge is -2.37. The van der Waals surface area contributed by atoms with Gasteiger partial charge in [-0.05, 0) is 68.8 Å². The maximum Gasteiger partial charge on any atom is 0.393 e. The van der Waals surface area contributed by atoms with Gasteiger partial charge in [0.05, 0.1) is 47.1 Å². The maximum atomic E-state index is 15.0. The summed E-state index contributed by atoms with van der Waals surface area (Å²) in [6.45, 7) is 8.66. The van der Waals surface area contributed by atoms with Crippen molar-refractivity contribution in [3.05, 3.63) is 46.8 Å². The van der Waals surface area contributed by atoms with E-state index in [1.165, 1.54) is 18.4 Å². The van der Waals surface area contributed by atoms with E-state index < -0.39 is 32.0 Å². The molecule has 1 aromatic heterocycles. The molecule has 41 heavy (non-hydrogen) atoms. The number of piperidine rings is 1. The molecule has 11 heteroatoms. The zero-order valence-corrected chi connectivity index (χ0v) is 25.6. The Balaban J connectivity index is 1.59. The van der Waals surface area contributed by atoms with E-state index in [-0.39, 0.29) is 18.2 Å². The first-order valence-electron chi connectivity index (χ1n) is 13.5. The number of nitrogens with one attached hydrogen (secondary N) is 2. The van der Waals surface area contributed by atoms with Crippen molar-refractivity contribution < 1.29 is 26.9 Å². The van der Waals surface area contributed by atoms with E-state index in [9.17, 15) is 17.7 Å². The minimum atomic E-state index is -4.41. The summed E-state index contributed by atoms with van der Waals surface area (Å²) < 4.78 is 74.3. The van der Waals surface area contributed by atoms with Crippen molar-refractivity contribution in [1.82, 2.24) is 4.90 Å². The summed E-state index contributed by atoms with van der Waals surface area (Å²) in [4.78, 5) is 2.42. The van der Waals surface area contributed by atoms with Crippen LogP contribution in [0.2, 0.25) is 0 Å². The highest BCUT2D eigenvalue weighted by atomic mass is 32.1. The molecule has 0 saturated carbocycles. The number of anilines is 2. The van der Waals surface area contributed by atoms with Gasteiger partial charge in [-0.2, -0.15) is 13.2 Å². The van der Waals surface area contributed by atoms with Crippen molar-refractivity contribution in [2.75, 3.05) is 50.7 Å². The molecule has 2 atom stereocenters. The summed E-state index contributed by atoms with van der Waals surface area (Å²) in [5, 5.41) is 7.58. The molecule has 1 unspecified atom stereocenters. The molecule has 2 N–H and O–H groups in total. The fraction of sp³-hybridized carbons (Fsp3) is 0.467. The number of fused-ring (bicyclic) bond motifs is 1. The number of methoxy groups -OCH3 is 1. The number of alkyl halides is 4. The topological polar surface area (TPSA) is 53.6 Å². The Morgan fingerprint density at radius 1 is 1.20 bits per heavy atom. The van der Waals surface area contributed by atoms with Gasteiger partial charge in [-0.3, -0.25) is 4.90 Å². The molecule has 3 aromatic rings. The van der Waals surface area contributed by atoms with Crippen molar-refractivity contribution in [1.29, 1.82) is 0 Å². The fourth-order valence-electron chi connectivity index (χ4n) is 4.95. The number of nitrogens with zero attached hydrogens (tertiary/aromatic N) is 1. The number of likely N-dealkylation sites (tertiary alicyclic amines) is 1. The van der Waals surface area contributed by atoms with E-state index in [0.717, 1.165) is 6.54 Å². The van der Waals surface area contributed by atoms with Crippen LogP contribution in [0.5, 0.6) is 5.75 Å². The van der Waals surface area contributed by atoms with Gasteiger partial charge in [-0.1, -0.05) is 24.0 Å². The molecule has 2 heterocycles. The van der Waals surface area contributed by atoms with E-state index in [1.54, 1.807) is 49.7 Å². The van der Waals surface area contributed by atoms with Gasteiger partial charge in [-0.25, -0.2) is 4.39 Å². The van der Waals surface area contributed by atoms with Crippen LogP contribution in [0.15, 0.2) is 36.4 Å². The van der Waals surface area contributed by atoms with Gasteiger partial charge < -0.3 is 19.9 Å². The molecule has 4 rings (SSSR count). The maximum absolute atomic E-state index is 15.0. The second-order valence-corrected chi connectivity index (χ2v) is 15.2. The summed E-state index contributed by atoms with van der Waals surface area (Å²) in [6.07, 6.45) is -6.00. The highest BCUT2D eigenvalue weighted by molar-refractivity contribution is 7.70. The average Bonchev–Trinajstić information content (AvgIpc) is 3.23. The molecule has 0 bridgehead atoms. The Bertz CT molecular complexity index is 1490. The Kier molecular flexibility index (Phi) is 9.63. The Hall–Kier alpha value is -2.73. The number of hydrogen-bond acceptors (Lipinski definition) is 6. The Morgan fingerprint density at radius 3 is 2.59 bits per heavy atom. The van der Waals surface area contributed by atoms with Crippen molar-refractivity contribution in [3.8, 4) is 17.6 Å². The standard InChI is InChI=1S/C30H36F4N3O2PS/c1-19(2)37-15-13-24(23(31)18-37)36-26-9-6-8-21-22(17-30(32,33)34)28(41-29(21)26)10-7-14-35-25-12-11-20(40(4,5)38)16-27(25)39-3/h6,8-9,11-12,16,19,23-24,35-36H,13-15,17-18H2,1-5H3/t23?,24-/m1/s1. The number of ether oxygens (including phenoxy) is 1. The molecule has 0 spiro atoms. The van der Waals surface area contributed by atoms with Crippen LogP contribution in [0.4, 0.5) is 28.9 Å². The zero-order chi connectivity index (χ0) is 29.9. The van der Waals surface area contributed by atoms with Crippen LogP contribution in [-0.4, -0.2) is 69.4 Å². The monoisotopic (exact) mass is 609 g/mol. The van der Waals surface area contributed by atoms with Gasteiger partial charge in [0.15, 0.2) is 0 Å². The second kappa shape index (κ2) is 12.6. The van der Waals surface area contributed by atoms with E-state index in [1.807, 2.05) is 13.8 Å². The third kappa shape index (κ3) is 7.77. The predicted octanol–water partition coefficient (Wildman–Crippen LogP) is 6.96. The van der Waals surface area contributed by atoms with Crippen LogP contribution in [0.1, 0.15) is 30.7 Å². The van der Waals surface area contributed by atoms with Crippen molar-refractivity contribution >= 4 is 45.2 Å². The Morgan fingerprint density at radius 2 is 1.95 bits per heavy atom. The predicted molar refractivity (Wildman–Crippen MR) is 163 cm³/mol. The number of benzene rings is 2. The molecule has 1 aliphatic heterocycles. The zero-order valence-electron chi connectivity index (χ0n) is 23.9. The lowest BCUT2D eigenvalue weighted by molar-refractivity contribution is -0.126. The lowest BCUT2D eigenvalue weighted by Crippen LogP contribution is -2.50. The van der Waals surface area contributed by atoms with Gasteiger partial charge in [0.2, 0.25) is 0 Å². The van der Waals surface area contributed by atoms with Crippen LogP contribution in [0.3, 0.4) is 0 Å². The molecule has 1 fully saturated rings. The molecule has 0 radical (unpaired) electrons. The molecule has 2 aromatic carbocycles. The van der Waals surface area contributed by atoms with Gasteiger partial charge in [0.25, 0.3) is 0 Å². The van der Waals surface area contributed by atoms with Gasteiger partial charge >= 0.3 is 6.18 Å². The van der Waals surface area contributed by atoms with Crippen LogP contribution in [0.25, 0.3) is 10.1 Å². The number of thiophene rings is 1. The summed E-state index contributed by atoms with van der Waals surface area (Å²) in [6, 6.07) is 10.2. The first-order chi connectivity index (χ1) is 19.3. The number of halogens is 4. The second-order valence-electron chi connectivity index (χ2n) is 10.9. The van der Waals surface area contributed by atoms with E-state index >= 15 is 4.39 Å². The smallest absolute Gasteiger partial charge is 0.393 e. The third-order valence-electron chi connectivity index (χ3n) is 7.22. The first-order valence-corrected chi connectivity index (χ1v) is 16.9. The largest absolute Gasteiger partial charge is 0.495 e. The van der Waals surface area contributed by atoms with Crippen molar-refractivity contribution in [2.24, 2.45) is 0 Å². The van der Waals surface area contributed by atoms with Gasteiger partial charge in [-0.15, -0.1) is 11.3 Å². The molecule has 1 aliphatic rings. The normalized spacial score (nSPS) is 18.3. The first kappa shape index (κ1) is 31.2. The third-order valence-corrected chi connectivity index (χ3v) is 9.93. The van der Waals surface area contributed by atoms with E-state index in [2.05, 4.69) is 27.4 Å². The highest BCUT2D eigenvalue weighted by Gasteiger charge is 2.33. The molecular weight excluding hydrogens is 573 g/mol. The van der Waals surface area contributed by atoms with Crippen molar-refractivity contribution in [2.45, 2.75) is 51.1 Å². The van der Waals surface area contributed by atoms with E-state index in [0.29, 0.717) is 50.4 Å². The molecule has 0 amide bonds. The molecular formula is C30H36F4N3O2PS. The fourth-order valence-corrected chi connectivity index (χ4v) is 6.98. The molecule has 0 aliphatic carbocycles. The molecule has 1 saturated heterocycles. The summed E-state index contributed by atoms with van der Waals surface area (Å²) in [7, 11) is -0.957. The van der Waals surface area contributed by atoms with Crippen LogP contribution >= 0.6 is 18.5 Å². The minimum Gasteiger partial charge on any atom is -0.495 e. The summed E-state index contributed by atoms with van der Waals surface area (Å²) >= 11 is 1.19. The van der Waals surface area contributed by atoms with Crippen LogP contribution in [-0.2, 0) is 11.0 Å². The number of hydrogen-bond donors (Lipinski definition) is 2. The summed E-state index contributed by atoms with van der Waals surface area (Å²) in [5.41, 5.74) is 1.40. The van der Waals surface area contributed by atoms with Crippen LogP contribution in [0, 0.1) is 11.8 Å². The van der Waals surface area contributed by atoms with Crippen molar-refractivity contribution in [3.63, 3.8) is 0 Å². The average molecular weight is 610 g/mol.